The standard InChI is InChI=1S/C18H20N2O4/c1-12-6-4-5-7-16(12)24-11-18(22)20-15-10-14(19-13(2)21)8-9-17(15)23-3/h4-10H,11H2,1-3H3,(H,19,21)(H,20,22). The third-order valence-corrected chi connectivity index (χ3v) is 3.25. The van der Waals surface area contributed by atoms with E-state index in [9.17, 15) is 9.59 Å². The number of aryl methyl sites for hydroxylation is 1. The lowest BCUT2D eigenvalue weighted by molar-refractivity contribution is -0.118. The smallest absolute Gasteiger partial charge is 0.262 e. The second-order valence-electron chi connectivity index (χ2n) is 5.20. The van der Waals surface area contributed by atoms with Crippen molar-refractivity contribution in [2.24, 2.45) is 0 Å². The molecule has 0 saturated heterocycles. The Kier molecular flexibility index (Phi) is 5.78. The third-order valence-electron chi connectivity index (χ3n) is 3.25. The number of methoxy groups -OCH3 is 1. The molecule has 2 aromatic rings. The van der Waals surface area contributed by atoms with Crippen LogP contribution in [-0.2, 0) is 9.59 Å². The number of anilines is 2. The zero-order chi connectivity index (χ0) is 17.5. The molecule has 2 amide bonds. The quantitative estimate of drug-likeness (QED) is 0.855. The summed E-state index contributed by atoms with van der Waals surface area (Å²) >= 11 is 0. The molecular formula is C18H20N2O4. The van der Waals surface area contributed by atoms with Gasteiger partial charge in [-0.25, -0.2) is 0 Å². The van der Waals surface area contributed by atoms with Gasteiger partial charge in [0, 0.05) is 12.6 Å². The van der Waals surface area contributed by atoms with Crippen LogP contribution >= 0.6 is 0 Å². The number of amides is 2. The fourth-order valence-electron chi connectivity index (χ4n) is 2.13. The van der Waals surface area contributed by atoms with Crippen LogP contribution in [0.1, 0.15) is 12.5 Å². The number of para-hydroxylation sites is 1. The summed E-state index contributed by atoms with van der Waals surface area (Å²) in [6.07, 6.45) is 0. The minimum atomic E-state index is -0.323. The molecule has 126 valence electrons. The highest BCUT2D eigenvalue weighted by Crippen LogP contribution is 2.28. The highest BCUT2D eigenvalue weighted by atomic mass is 16.5. The molecule has 0 atom stereocenters. The lowest BCUT2D eigenvalue weighted by Gasteiger charge is -2.13. The molecule has 0 aliphatic carbocycles. The second kappa shape index (κ2) is 8.01. The first kappa shape index (κ1) is 17.3. The number of nitrogens with one attached hydrogen (secondary N) is 2. The van der Waals surface area contributed by atoms with Crippen molar-refractivity contribution in [1.29, 1.82) is 0 Å². The van der Waals surface area contributed by atoms with Crippen LogP contribution in [0.5, 0.6) is 11.5 Å². The maximum Gasteiger partial charge on any atom is 0.262 e. The first-order chi connectivity index (χ1) is 11.5. The molecule has 0 spiro atoms. The van der Waals surface area contributed by atoms with E-state index < -0.39 is 0 Å². The number of ether oxygens (including phenoxy) is 2. The zero-order valence-electron chi connectivity index (χ0n) is 13.9. The lowest BCUT2D eigenvalue weighted by Crippen LogP contribution is -2.21. The maximum absolute atomic E-state index is 12.1. The van der Waals surface area contributed by atoms with E-state index in [-0.39, 0.29) is 18.4 Å². The Balaban J connectivity index is 2.04. The summed E-state index contributed by atoms with van der Waals surface area (Å²) in [5, 5.41) is 5.38. The minimum Gasteiger partial charge on any atom is -0.495 e. The molecule has 2 rings (SSSR count). The van der Waals surface area contributed by atoms with Gasteiger partial charge in [0.15, 0.2) is 6.61 Å². The first-order valence-corrected chi connectivity index (χ1v) is 7.43. The molecule has 0 bridgehead atoms. The van der Waals surface area contributed by atoms with Crippen LogP contribution in [-0.4, -0.2) is 25.5 Å². The summed E-state index contributed by atoms with van der Waals surface area (Å²) in [6, 6.07) is 12.5. The van der Waals surface area contributed by atoms with Gasteiger partial charge in [0.25, 0.3) is 5.91 Å². The predicted molar refractivity (Wildman–Crippen MR) is 92.6 cm³/mol. The molecule has 24 heavy (non-hydrogen) atoms. The van der Waals surface area contributed by atoms with E-state index in [1.807, 2.05) is 25.1 Å². The van der Waals surface area contributed by atoms with E-state index in [1.165, 1.54) is 14.0 Å². The molecule has 0 unspecified atom stereocenters. The Hall–Kier alpha value is -3.02. The van der Waals surface area contributed by atoms with E-state index in [0.29, 0.717) is 22.9 Å². The van der Waals surface area contributed by atoms with Gasteiger partial charge in [-0.15, -0.1) is 0 Å². The van der Waals surface area contributed by atoms with E-state index in [0.717, 1.165) is 5.56 Å². The lowest BCUT2D eigenvalue weighted by atomic mass is 10.2. The van der Waals surface area contributed by atoms with E-state index >= 15 is 0 Å². The summed E-state index contributed by atoms with van der Waals surface area (Å²) in [5.41, 5.74) is 1.98. The van der Waals surface area contributed by atoms with Crippen molar-refractivity contribution >= 4 is 23.2 Å². The molecule has 0 heterocycles. The number of benzene rings is 2. The first-order valence-electron chi connectivity index (χ1n) is 7.43. The summed E-state index contributed by atoms with van der Waals surface area (Å²) in [7, 11) is 1.51. The van der Waals surface area contributed by atoms with Crippen LogP contribution < -0.4 is 20.1 Å². The summed E-state index contributed by atoms with van der Waals surface area (Å²) in [6.45, 7) is 3.20. The van der Waals surface area contributed by atoms with Gasteiger partial charge in [-0.2, -0.15) is 0 Å². The highest BCUT2D eigenvalue weighted by Gasteiger charge is 2.10. The Bertz CT molecular complexity index is 744. The molecule has 0 aliphatic rings. The minimum absolute atomic E-state index is 0.127. The number of carbonyl (C=O) groups is 2. The van der Waals surface area contributed by atoms with E-state index in [4.69, 9.17) is 9.47 Å². The summed E-state index contributed by atoms with van der Waals surface area (Å²) < 4.78 is 10.7. The monoisotopic (exact) mass is 328 g/mol. The van der Waals surface area contributed by atoms with Gasteiger partial charge < -0.3 is 20.1 Å². The van der Waals surface area contributed by atoms with Crippen molar-refractivity contribution in [3.05, 3.63) is 48.0 Å². The highest BCUT2D eigenvalue weighted by molar-refractivity contribution is 5.95. The molecule has 0 aromatic heterocycles. The molecule has 2 aromatic carbocycles. The van der Waals surface area contributed by atoms with Gasteiger partial charge >= 0.3 is 0 Å². The van der Waals surface area contributed by atoms with Crippen molar-refractivity contribution in [2.45, 2.75) is 13.8 Å². The number of carbonyl (C=O) groups excluding carboxylic acids is 2. The molecular weight excluding hydrogens is 308 g/mol. The van der Waals surface area contributed by atoms with Crippen molar-refractivity contribution < 1.29 is 19.1 Å². The fraction of sp³-hybridized carbons (Fsp3) is 0.222. The Morgan fingerprint density at radius 2 is 1.79 bits per heavy atom. The third kappa shape index (κ3) is 4.74. The Labute approximate surface area is 140 Å². The largest absolute Gasteiger partial charge is 0.495 e. The van der Waals surface area contributed by atoms with Gasteiger partial charge in [0.05, 0.1) is 12.8 Å². The molecule has 2 N–H and O–H groups in total. The average Bonchev–Trinajstić information content (AvgIpc) is 2.54. The van der Waals surface area contributed by atoms with Crippen molar-refractivity contribution in [2.75, 3.05) is 24.4 Å². The van der Waals surface area contributed by atoms with Gasteiger partial charge in [0.2, 0.25) is 5.91 Å². The van der Waals surface area contributed by atoms with Gasteiger partial charge in [0.1, 0.15) is 11.5 Å². The van der Waals surface area contributed by atoms with Gasteiger partial charge in [-0.3, -0.25) is 9.59 Å². The molecule has 0 saturated carbocycles. The zero-order valence-corrected chi connectivity index (χ0v) is 13.9. The number of hydrogen-bond donors (Lipinski definition) is 2. The van der Waals surface area contributed by atoms with Crippen LogP contribution in [0.2, 0.25) is 0 Å². The molecule has 6 nitrogen and oxygen atoms in total. The molecule has 0 aliphatic heterocycles. The van der Waals surface area contributed by atoms with E-state index in [2.05, 4.69) is 10.6 Å². The number of hydrogen-bond acceptors (Lipinski definition) is 4. The van der Waals surface area contributed by atoms with Crippen molar-refractivity contribution in [3.8, 4) is 11.5 Å². The van der Waals surface area contributed by atoms with Crippen LogP contribution in [0.3, 0.4) is 0 Å². The number of rotatable bonds is 6. The fourth-order valence-corrected chi connectivity index (χ4v) is 2.13. The van der Waals surface area contributed by atoms with Gasteiger partial charge in [-0.05, 0) is 36.8 Å². The van der Waals surface area contributed by atoms with Crippen LogP contribution in [0.4, 0.5) is 11.4 Å². The summed E-state index contributed by atoms with van der Waals surface area (Å²) in [5.74, 6) is 0.636. The predicted octanol–water partition coefficient (Wildman–Crippen LogP) is 2.98. The Morgan fingerprint density at radius 3 is 2.46 bits per heavy atom. The molecule has 0 radical (unpaired) electrons. The SMILES string of the molecule is COc1ccc(NC(C)=O)cc1NC(=O)COc1ccccc1C. The molecule has 0 fully saturated rings. The molecule has 6 heteroatoms. The topological polar surface area (TPSA) is 76.7 Å². The van der Waals surface area contributed by atoms with Crippen LogP contribution in [0.15, 0.2) is 42.5 Å². The Morgan fingerprint density at radius 1 is 1.04 bits per heavy atom. The van der Waals surface area contributed by atoms with Crippen LogP contribution in [0.25, 0.3) is 0 Å². The van der Waals surface area contributed by atoms with Crippen molar-refractivity contribution in [1.82, 2.24) is 0 Å². The van der Waals surface area contributed by atoms with Gasteiger partial charge in [-0.1, -0.05) is 18.2 Å². The maximum atomic E-state index is 12.1. The van der Waals surface area contributed by atoms with Crippen LogP contribution in [0, 0.1) is 6.92 Å². The normalized spacial score (nSPS) is 9.96. The summed E-state index contributed by atoms with van der Waals surface area (Å²) in [4.78, 5) is 23.3. The van der Waals surface area contributed by atoms with E-state index in [1.54, 1.807) is 24.3 Å². The van der Waals surface area contributed by atoms with Crippen molar-refractivity contribution in [3.63, 3.8) is 0 Å². The second-order valence-corrected chi connectivity index (χ2v) is 5.20. The average molecular weight is 328 g/mol.